The highest BCUT2D eigenvalue weighted by atomic mass is 32.2. The lowest BCUT2D eigenvalue weighted by Gasteiger charge is -2.14. The van der Waals surface area contributed by atoms with Crippen LogP contribution in [0.2, 0.25) is 0 Å². The molecule has 4 nitrogen and oxygen atoms in total. The van der Waals surface area contributed by atoms with Crippen molar-refractivity contribution in [2.45, 2.75) is 52.2 Å². The van der Waals surface area contributed by atoms with Crippen molar-refractivity contribution < 1.29 is 8.42 Å². The summed E-state index contributed by atoms with van der Waals surface area (Å²) in [5.41, 5.74) is 0. The molecule has 0 aliphatic heterocycles. The number of nitrogens with one attached hydrogen (secondary N) is 2. The Balaban J connectivity index is 3.85. The second kappa shape index (κ2) is 8.89. The highest BCUT2D eigenvalue weighted by molar-refractivity contribution is 7.90. The van der Waals surface area contributed by atoms with Crippen LogP contribution in [0.5, 0.6) is 0 Å². The minimum absolute atomic E-state index is 0.368. The number of rotatable bonds is 10. The lowest BCUT2D eigenvalue weighted by atomic mass is 10.1. The van der Waals surface area contributed by atoms with E-state index >= 15 is 0 Å². The maximum absolute atomic E-state index is 11.8. The van der Waals surface area contributed by atoms with Crippen molar-refractivity contribution in [2.24, 2.45) is 5.92 Å². The molecule has 1 atom stereocenters. The molecular formula is C12H28N2O2S. The van der Waals surface area contributed by atoms with Crippen molar-refractivity contribution in [3.8, 4) is 0 Å². The van der Waals surface area contributed by atoms with Crippen LogP contribution in [0.25, 0.3) is 0 Å². The molecule has 0 aliphatic rings. The van der Waals surface area contributed by atoms with Crippen LogP contribution in [-0.4, -0.2) is 33.3 Å². The number of hydrogen-bond acceptors (Lipinski definition) is 3. The monoisotopic (exact) mass is 264 g/mol. The SMILES string of the molecule is CCCNCC(C)S(=O)(=O)NCCCC(C)C. The molecule has 0 aromatic rings. The summed E-state index contributed by atoms with van der Waals surface area (Å²) in [7, 11) is -3.15. The third kappa shape index (κ3) is 8.57. The standard InChI is InChI=1S/C12H28N2O2S/c1-5-8-13-10-12(4)17(15,16)14-9-6-7-11(2)3/h11-14H,5-10H2,1-4H3. The van der Waals surface area contributed by atoms with Crippen molar-refractivity contribution in [2.75, 3.05) is 19.6 Å². The van der Waals surface area contributed by atoms with Gasteiger partial charge in [0.05, 0.1) is 5.25 Å². The molecule has 2 N–H and O–H groups in total. The summed E-state index contributed by atoms with van der Waals surface area (Å²) in [5.74, 6) is 0.628. The topological polar surface area (TPSA) is 58.2 Å². The van der Waals surface area contributed by atoms with Crippen LogP contribution >= 0.6 is 0 Å². The first kappa shape index (κ1) is 16.9. The molecule has 0 fully saturated rings. The van der Waals surface area contributed by atoms with Crippen LogP contribution in [0.15, 0.2) is 0 Å². The van der Waals surface area contributed by atoms with Crippen LogP contribution in [0, 0.1) is 5.92 Å². The molecule has 0 aliphatic carbocycles. The molecular weight excluding hydrogens is 236 g/mol. The van der Waals surface area contributed by atoms with Crippen LogP contribution in [0.4, 0.5) is 0 Å². The fourth-order valence-corrected chi connectivity index (χ4v) is 2.51. The normalized spacial score (nSPS) is 14.2. The molecule has 0 saturated carbocycles. The number of hydrogen-bond donors (Lipinski definition) is 2. The lowest BCUT2D eigenvalue weighted by molar-refractivity contribution is 0.531. The Bertz CT molecular complexity index is 276. The molecule has 17 heavy (non-hydrogen) atoms. The van der Waals surface area contributed by atoms with Gasteiger partial charge in [0, 0.05) is 13.1 Å². The maximum Gasteiger partial charge on any atom is 0.215 e. The van der Waals surface area contributed by atoms with Gasteiger partial charge < -0.3 is 5.32 Å². The van der Waals surface area contributed by atoms with Gasteiger partial charge in [-0.2, -0.15) is 0 Å². The van der Waals surface area contributed by atoms with E-state index in [1.165, 1.54) is 0 Å². The van der Waals surface area contributed by atoms with Crippen molar-refractivity contribution in [3.05, 3.63) is 0 Å². The Morgan fingerprint density at radius 3 is 2.29 bits per heavy atom. The predicted octanol–water partition coefficient (Wildman–Crippen LogP) is 1.73. The van der Waals surface area contributed by atoms with Gasteiger partial charge >= 0.3 is 0 Å². The fourth-order valence-electron chi connectivity index (χ4n) is 1.46. The molecule has 0 bridgehead atoms. The van der Waals surface area contributed by atoms with E-state index in [2.05, 4.69) is 30.8 Å². The number of sulfonamides is 1. The molecule has 5 heteroatoms. The lowest BCUT2D eigenvalue weighted by Crippen LogP contribution is -2.39. The molecule has 1 unspecified atom stereocenters. The summed E-state index contributed by atoms with van der Waals surface area (Å²) in [5, 5.41) is 2.76. The summed E-state index contributed by atoms with van der Waals surface area (Å²) in [6.07, 6.45) is 2.99. The molecule has 0 saturated heterocycles. The second-order valence-corrected chi connectivity index (χ2v) is 7.17. The zero-order valence-electron chi connectivity index (χ0n) is 11.6. The zero-order chi connectivity index (χ0) is 13.3. The summed E-state index contributed by atoms with van der Waals surface area (Å²) in [4.78, 5) is 0. The van der Waals surface area contributed by atoms with Crippen molar-refractivity contribution in [1.82, 2.24) is 10.0 Å². The van der Waals surface area contributed by atoms with Crippen LogP contribution < -0.4 is 10.0 Å². The van der Waals surface area contributed by atoms with Crippen molar-refractivity contribution in [3.63, 3.8) is 0 Å². The van der Waals surface area contributed by atoms with E-state index in [4.69, 9.17) is 0 Å². The molecule has 0 aromatic carbocycles. The van der Waals surface area contributed by atoms with E-state index < -0.39 is 10.0 Å². The molecule has 0 heterocycles. The molecule has 0 rings (SSSR count). The minimum Gasteiger partial charge on any atom is -0.315 e. The first-order chi connectivity index (χ1) is 7.90. The minimum atomic E-state index is -3.15. The quantitative estimate of drug-likeness (QED) is 0.591. The van der Waals surface area contributed by atoms with Gasteiger partial charge in [0.25, 0.3) is 0 Å². The van der Waals surface area contributed by atoms with Crippen LogP contribution in [0.3, 0.4) is 0 Å². The second-order valence-electron chi connectivity index (χ2n) is 4.99. The van der Waals surface area contributed by atoms with Crippen molar-refractivity contribution in [1.29, 1.82) is 0 Å². The van der Waals surface area contributed by atoms with Gasteiger partial charge in [-0.05, 0) is 38.6 Å². The average Bonchev–Trinajstić information content (AvgIpc) is 2.24. The third-order valence-corrected chi connectivity index (χ3v) is 4.48. The Hall–Kier alpha value is -0.130. The van der Waals surface area contributed by atoms with E-state index in [1.807, 2.05) is 0 Å². The highest BCUT2D eigenvalue weighted by Gasteiger charge is 2.19. The van der Waals surface area contributed by atoms with Gasteiger partial charge in [0.2, 0.25) is 10.0 Å². The zero-order valence-corrected chi connectivity index (χ0v) is 12.4. The summed E-state index contributed by atoms with van der Waals surface area (Å²) in [6.45, 7) is 10.0. The molecule has 0 amide bonds. The van der Waals surface area contributed by atoms with Gasteiger partial charge in [0.1, 0.15) is 0 Å². The van der Waals surface area contributed by atoms with Gasteiger partial charge in [-0.1, -0.05) is 20.8 Å². The van der Waals surface area contributed by atoms with Crippen LogP contribution in [0.1, 0.15) is 47.0 Å². The molecule has 0 aromatic heterocycles. The fraction of sp³-hybridized carbons (Fsp3) is 1.00. The summed E-state index contributed by atoms with van der Waals surface area (Å²) < 4.78 is 26.3. The first-order valence-electron chi connectivity index (χ1n) is 6.59. The average molecular weight is 264 g/mol. The first-order valence-corrected chi connectivity index (χ1v) is 8.14. The molecule has 104 valence electrons. The summed E-state index contributed by atoms with van der Waals surface area (Å²) in [6, 6.07) is 0. The van der Waals surface area contributed by atoms with E-state index in [0.717, 1.165) is 25.8 Å². The Kier molecular flexibility index (Phi) is 8.82. The predicted molar refractivity (Wildman–Crippen MR) is 73.6 cm³/mol. The van der Waals surface area contributed by atoms with Gasteiger partial charge in [-0.25, -0.2) is 13.1 Å². The van der Waals surface area contributed by atoms with Crippen LogP contribution in [-0.2, 0) is 10.0 Å². The Morgan fingerprint density at radius 1 is 1.12 bits per heavy atom. The third-order valence-electron chi connectivity index (χ3n) is 2.65. The van der Waals surface area contributed by atoms with E-state index in [1.54, 1.807) is 6.92 Å². The molecule has 0 radical (unpaired) electrons. The van der Waals surface area contributed by atoms with Gasteiger partial charge in [-0.3, -0.25) is 0 Å². The smallest absolute Gasteiger partial charge is 0.215 e. The highest BCUT2D eigenvalue weighted by Crippen LogP contribution is 2.03. The van der Waals surface area contributed by atoms with Gasteiger partial charge in [-0.15, -0.1) is 0 Å². The van der Waals surface area contributed by atoms with E-state index in [9.17, 15) is 8.42 Å². The molecule has 0 spiro atoms. The van der Waals surface area contributed by atoms with Gasteiger partial charge in [0.15, 0.2) is 0 Å². The van der Waals surface area contributed by atoms with E-state index in [-0.39, 0.29) is 5.25 Å². The largest absolute Gasteiger partial charge is 0.315 e. The van der Waals surface area contributed by atoms with E-state index in [0.29, 0.717) is 19.0 Å². The Labute approximate surface area is 107 Å². The maximum atomic E-state index is 11.8. The van der Waals surface area contributed by atoms with Crippen molar-refractivity contribution >= 4 is 10.0 Å². The summed E-state index contributed by atoms with van der Waals surface area (Å²) >= 11 is 0. The Morgan fingerprint density at radius 2 is 1.76 bits per heavy atom.